The minimum atomic E-state index is 0.976. The highest BCUT2D eigenvalue weighted by Gasteiger charge is 2.18. The van der Waals surface area contributed by atoms with Crippen LogP contribution in [0.1, 0.15) is 71.6 Å². The van der Waals surface area contributed by atoms with E-state index in [1.165, 1.54) is 44.9 Å². The van der Waals surface area contributed by atoms with Crippen LogP contribution in [0.25, 0.3) is 0 Å². The Bertz CT molecular complexity index is 206. The van der Waals surface area contributed by atoms with Crippen molar-refractivity contribution in [1.29, 1.82) is 0 Å². The molecule has 2 atom stereocenters. The van der Waals surface area contributed by atoms with Crippen LogP contribution in [0.2, 0.25) is 0 Å². The fraction of sp³-hybridized carbons (Fsp3) is 0.867. The molecule has 1 rings (SSSR count). The van der Waals surface area contributed by atoms with E-state index in [0.29, 0.717) is 0 Å². The average Bonchev–Trinajstić information content (AvgIpc) is 2.49. The Labute approximate surface area is 95.8 Å². The molecule has 0 heterocycles. The highest BCUT2D eigenvalue weighted by molar-refractivity contribution is 4.97. The van der Waals surface area contributed by atoms with Crippen LogP contribution in [0.4, 0.5) is 0 Å². The van der Waals surface area contributed by atoms with Gasteiger partial charge in [0.05, 0.1) is 0 Å². The topological polar surface area (TPSA) is 0 Å². The monoisotopic (exact) mass is 206 g/mol. The first kappa shape index (κ1) is 12.6. The van der Waals surface area contributed by atoms with E-state index in [4.69, 9.17) is 0 Å². The molecule has 0 aromatic rings. The standard InChI is InChI=1S/C15H26/c1-3-5-6-7-11-15-12-9-8-10-14(4-2)13-15/h14-15H,3-4,7-13H2,1-2H3. The first-order chi connectivity index (χ1) is 7.36. The second kappa shape index (κ2) is 7.80. The third kappa shape index (κ3) is 5.26. The number of hydrogen-bond donors (Lipinski definition) is 0. The lowest BCUT2D eigenvalue weighted by molar-refractivity contribution is 0.353. The molecule has 0 nitrogen and oxygen atoms in total. The summed E-state index contributed by atoms with van der Waals surface area (Å²) in [6, 6.07) is 0. The van der Waals surface area contributed by atoms with Crippen molar-refractivity contribution < 1.29 is 0 Å². The van der Waals surface area contributed by atoms with Crippen molar-refractivity contribution in [3.8, 4) is 11.8 Å². The summed E-state index contributed by atoms with van der Waals surface area (Å²) >= 11 is 0. The quantitative estimate of drug-likeness (QED) is 0.460. The van der Waals surface area contributed by atoms with E-state index in [1.807, 2.05) is 0 Å². The largest absolute Gasteiger partial charge is 0.104 e. The van der Waals surface area contributed by atoms with Crippen molar-refractivity contribution in [1.82, 2.24) is 0 Å². The van der Waals surface area contributed by atoms with Gasteiger partial charge in [0, 0.05) is 12.8 Å². The SMILES string of the molecule is CCC#CCCC1CCCCC(CC)C1. The van der Waals surface area contributed by atoms with Crippen molar-refractivity contribution in [3.05, 3.63) is 0 Å². The van der Waals surface area contributed by atoms with Gasteiger partial charge in [0.15, 0.2) is 0 Å². The molecule has 0 bridgehead atoms. The van der Waals surface area contributed by atoms with Gasteiger partial charge in [-0.1, -0.05) is 46.0 Å². The summed E-state index contributed by atoms with van der Waals surface area (Å²) in [5, 5.41) is 0. The van der Waals surface area contributed by atoms with Gasteiger partial charge >= 0.3 is 0 Å². The smallest absolute Gasteiger partial charge is 0.00913 e. The van der Waals surface area contributed by atoms with E-state index < -0.39 is 0 Å². The molecule has 0 radical (unpaired) electrons. The van der Waals surface area contributed by atoms with E-state index in [0.717, 1.165) is 24.7 Å². The third-order valence-electron chi connectivity index (χ3n) is 3.70. The van der Waals surface area contributed by atoms with Crippen LogP contribution >= 0.6 is 0 Å². The van der Waals surface area contributed by atoms with Gasteiger partial charge < -0.3 is 0 Å². The second-order valence-corrected chi connectivity index (χ2v) is 4.91. The molecule has 0 aromatic heterocycles. The molecule has 1 aliphatic rings. The van der Waals surface area contributed by atoms with Gasteiger partial charge in [-0.15, -0.1) is 11.8 Å². The van der Waals surface area contributed by atoms with Gasteiger partial charge in [0.2, 0.25) is 0 Å². The van der Waals surface area contributed by atoms with Crippen LogP contribution in [0, 0.1) is 23.7 Å². The Morgan fingerprint density at radius 1 is 1.00 bits per heavy atom. The summed E-state index contributed by atoms with van der Waals surface area (Å²) in [4.78, 5) is 0. The molecule has 0 aromatic carbocycles. The summed E-state index contributed by atoms with van der Waals surface area (Å²) in [5.41, 5.74) is 0. The zero-order valence-corrected chi connectivity index (χ0v) is 10.5. The molecule has 86 valence electrons. The maximum absolute atomic E-state index is 3.29. The summed E-state index contributed by atoms with van der Waals surface area (Å²) < 4.78 is 0. The maximum atomic E-state index is 3.29. The maximum Gasteiger partial charge on any atom is 0.00913 e. The third-order valence-corrected chi connectivity index (χ3v) is 3.70. The fourth-order valence-corrected chi connectivity index (χ4v) is 2.70. The van der Waals surface area contributed by atoms with Gasteiger partial charge in [0.25, 0.3) is 0 Å². The van der Waals surface area contributed by atoms with Crippen molar-refractivity contribution >= 4 is 0 Å². The average molecular weight is 206 g/mol. The van der Waals surface area contributed by atoms with Gasteiger partial charge in [-0.2, -0.15) is 0 Å². The summed E-state index contributed by atoms with van der Waals surface area (Å²) in [6.45, 7) is 4.48. The van der Waals surface area contributed by atoms with Gasteiger partial charge in [0.1, 0.15) is 0 Å². The Kier molecular flexibility index (Phi) is 6.57. The molecule has 15 heavy (non-hydrogen) atoms. The first-order valence-corrected chi connectivity index (χ1v) is 6.82. The molecule has 0 amide bonds. The summed E-state index contributed by atoms with van der Waals surface area (Å²) in [6.07, 6.45) is 12.2. The van der Waals surface area contributed by atoms with Crippen LogP contribution in [0.5, 0.6) is 0 Å². The zero-order chi connectivity index (χ0) is 10.9. The molecule has 1 aliphatic carbocycles. The van der Waals surface area contributed by atoms with Gasteiger partial charge in [-0.25, -0.2) is 0 Å². The Morgan fingerprint density at radius 3 is 2.40 bits per heavy atom. The van der Waals surface area contributed by atoms with E-state index >= 15 is 0 Å². The second-order valence-electron chi connectivity index (χ2n) is 4.91. The zero-order valence-electron chi connectivity index (χ0n) is 10.5. The fourth-order valence-electron chi connectivity index (χ4n) is 2.70. The van der Waals surface area contributed by atoms with Crippen molar-refractivity contribution in [2.75, 3.05) is 0 Å². The van der Waals surface area contributed by atoms with Crippen LogP contribution in [0.3, 0.4) is 0 Å². The minimum absolute atomic E-state index is 0.976. The molecular formula is C15H26. The van der Waals surface area contributed by atoms with Gasteiger partial charge in [-0.05, 0) is 24.7 Å². The molecule has 0 heteroatoms. The molecule has 0 saturated heterocycles. The van der Waals surface area contributed by atoms with E-state index in [1.54, 1.807) is 0 Å². The van der Waals surface area contributed by atoms with E-state index in [-0.39, 0.29) is 0 Å². The summed E-state index contributed by atoms with van der Waals surface area (Å²) in [5.74, 6) is 8.45. The van der Waals surface area contributed by atoms with E-state index in [9.17, 15) is 0 Å². The molecule has 0 N–H and O–H groups in total. The predicted octanol–water partition coefficient (Wildman–Crippen LogP) is 4.79. The molecule has 2 unspecified atom stereocenters. The highest BCUT2D eigenvalue weighted by atomic mass is 14.2. The molecule has 1 fully saturated rings. The lowest BCUT2D eigenvalue weighted by atomic mass is 9.88. The van der Waals surface area contributed by atoms with Crippen molar-refractivity contribution in [2.45, 2.75) is 71.6 Å². The Morgan fingerprint density at radius 2 is 1.73 bits per heavy atom. The molecule has 1 saturated carbocycles. The van der Waals surface area contributed by atoms with Crippen LogP contribution < -0.4 is 0 Å². The van der Waals surface area contributed by atoms with Crippen LogP contribution in [0.15, 0.2) is 0 Å². The molecule has 0 spiro atoms. The van der Waals surface area contributed by atoms with E-state index in [2.05, 4.69) is 25.7 Å². The first-order valence-electron chi connectivity index (χ1n) is 6.82. The number of hydrogen-bond acceptors (Lipinski definition) is 0. The Hall–Kier alpha value is -0.440. The number of rotatable bonds is 3. The van der Waals surface area contributed by atoms with Crippen LogP contribution in [-0.2, 0) is 0 Å². The summed E-state index contributed by atoms with van der Waals surface area (Å²) in [7, 11) is 0. The molecular weight excluding hydrogens is 180 g/mol. The highest BCUT2D eigenvalue weighted by Crippen LogP contribution is 2.31. The Balaban J connectivity index is 2.26. The van der Waals surface area contributed by atoms with Gasteiger partial charge in [-0.3, -0.25) is 0 Å². The normalized spacial score (nSPS) is 26.5. The van der Waals surface area contributed by atoms with Crippen molar-refractivity contribution in [3.63, 3.8) is 0 Å². The van der Waals surface area contributed by atoms with Crippen molar-refractivity contribution in [2.24, 2.45) is 11.8 Å². The predicted molar refractivity (Wildman–Crippen MR) is 67.7 cm³/mol. The molecule has 0 aliphatic heterocycles. The lowest BCUT2D eigenvalue weighted by Gasteiger charge is -2.17. The van der Waals surface area contributed by atoms with Crippen LogP contribution in [-0.4, -0.2) is 0 Å². The minimum Gasteiger partial charge on any atom is -0.104 e. The lowest BCUT2D eigenvalue weighted by Crippen LogP contribution is -2.05.